The summed E-state index contributed by atoms with van der Waals surface area (Å²) in [6.45, 7) is 6.98. The number of aliphatic carboxylic acids is 1. The number of nitrogens with zero attached hydrogens (tertiary/aromatic N) is 1. The second-order valence-corrected chi connectivity index (χ2v) is 5.79. The van der Waals surface area contributed by atoms with Crippen LogP contribution in [0.3, 0.4) is 0 Å². The van der Waals surface area contributed by atoms with Crippen LogP contribution in [0.25, 0.3) is 0 Å². The summed E-state index contributed by atoms with van der Waals surface area (Å²) in [5.41, 5.74) is 0. The number of hydrogen-bond donors (Lipinski definition) is 1. The van der Waals surface area contributed by atoms with Crippen LogP contribution in [0.2, 0.25) is 0 Å². The first-order valence-electron chi connectivity index (χ1n) is 8.94. The van der Waals surface area contributed by atoms with Crippen molar-refractivity contribution in [3.63, 3.8) is 0 Å². The largest absolute Gasteiger partial charge is 0.481 e. The van der Waals surface area contributed by atoms with Crippen molar-refractivity contribution in [1.82, 2.24) is 4.90 Å². The van der Waals surface area contributed by atoms with E-state index in [4.69, 9.17) is 5.11 Å². The van der Waals surface area contributed by atoms with Crippen molar-refractivity contribution in [1.29, 1.82) is 0 Å². The molecule has 0 fully saturated rings. The van der Waals surface area contributed by atoms with E-state index in [2.05, 4.69) is 43.1 Å². The Hall–Kier alpha value is -1.09. The molecular weight excluding hydrogens is 274 g/mol. The molecule has 3 heteroatoms. The maximum Gasteiger partial charge on any atom is 0.304 e. The van der Waals surface area contributed by atoms with Gasteiger partial charge < -0.3 is 10.0 Å². The Bertz CT molecular complexity index is 289. The smallest absolute Gasteiger partial charge is 0.304 e. The van der Waals surface area contributed by atoms with Crippen LogP contribution in [0, 0.1) is 0 Å². The minimum absolute atomic E-state index is 0.235. The van der Waals surface area contributed by atoms with E-state index >= 15 is 0 Å². The first-order chi connectivity index (χ1) is 10.7. The van der Waals surface area contributed by atoms with E-state index in [1.165, 1.54) is 25.7 Å². The molecule has 0 aromatic heterocycles. The number of allylic oxidation sites excluding steroid dienone is 2. The van der Waals surface area contributed by atoms with Crippen LogP contribution < -0.4 is 0 Å². The number of carbonyl (C=O) groups is 1. The lowest BCUT2D eigenvalue weighted by atomic mass is 10.2. The van der Waals surface area contributed by atoms with Crippen LogP contribution in [-0.2, 0) is 4.79 Å². The van der Waals surface area contributed by atoms with Crippen molar-refractivity contribution in [3.05, 3.63) is 24.3 Å². The summed E-state index contributed by atoms with van der Waals surface area (Å²) in [4.78, 5) is 13.0. The molecule has 0 rings (SSSR count). The molecule has 0 aliphatic heterocycles. The average molecular weight is 309 g/mol. The molecule has 3 nitrogen and oxygen atoms in total. The first kappa shape index (κ1) is 20.9. The van der Waals surface area contributed by atoms with Crippen LogP contribution in [0.5, 0.6) is 0 Å². The van der Waals surface area contributed by atoms with Gasteiger partial charge in [0.05, 0.1) is 6.42 Å². The number of carboxylic acids is 1. The first-order valence-corrected chi connectivity index (χ1v) is 8.94. The third kappa shape index (κ3) is 15.3. The van der Waals surface area contributed by atoms with Crippen LogP contribution >= 0.6 is 0 Å². The number of unbranched alkanes of at least 4 members (excludes halogenated alkanes) is 4. The van der Waals surface area contributed by atoms with E-state index in [0.29, 0.717) is 6.54 Å². The Balaban J connectivity index is 3.95. The molecule has 0 atom stereocenters. The standard InChI is InChI=1S/C19H35NO2/c1-3-5-7-9-11-13-16-20(18-15-19(21)22)17-14-12-10-8-6-4-2/h9-12H,3-8,13-18H2,1-2H3,(H,21,22)/b11-9+,12-10+. The molecule has 0 aromatic rings. The number of carboxylic acid groups (broad SMARTS) is 1. The van der Waals surface area contributed by atoms with Crippen molar-refractivity contribution in [2.24, 2.45) is 0 Å². The monoisotopic (exact) mass is 309 g/mol. The van der Waals surface area contributed by atoms with E-state index in [9.17, 15) is 4.79 Å². The summed E-state index contributed by atoms with van der Waals surface area (Å²) in [6.07, 6.45) is 18.5. The van der Waals surface area contributed by atoms with Gasteiger partial charge in [-0.15, -0.1) is 0 Å². The summed E-state index contributed by atoms with van der Waals surface area (Å²) < 4.78 is 0. The number of rotatable bonds is 15. The van der Waals surface area contributed by atoms with Gasteiger partial charge in [-0.05, 0) is 25.7 Å². The van der Waals surface area contributed by atoms with E-state index < -0.39 is 5.97 Å². The lowest BCUT2D eigenvalue weighted by Gasteiger charge is -2.20. The quantitative estimate of drug-likeness (QED) is 0.340. The van der Waals surface area contributed by atoms with Crippen molar-refractivity contribution < 1.29 is 9.90 Å². The summed E-state index contributed by atoms with van der Waals surface area (Å²) in [7, 11) is 0. The maximum atomic E-state index is 10.7. The Morgan fingerprint density at radius 3 is 1.68 bits per heavy atom. The van der Waals surface area contributed by atoms with E-state index in [-0.39, 0.29) is 6.42 Å². The Morgan fingerprint density at radius 1 is 0.818 bits per heavy atom. The zero-order valence-corrected chi connectivity index (χ0v) is 14.6. The maximum absolute atomic E-state index is 10.7. The van der Waals surface area contributed by atoms with Crippen LogP contribution in [0.4, 0.5) is 0 Å². The van der Waals surface area contributed by atoms with Gasteiger partial charge in [-0.1, -0.05) is 63.8 Å². The molecule has 0 radical (unpaired) electrons. The minimum atomic E-state index is -0.707. The molecule has 0 saturated heterocycles. The van der Waals surface area contributed by atoms with Crippen LogP contribution in [0.1, 0.15) is 71.6 Å². The highest BCUT2D eigenvalue weighted by atomic mass is 16.4. The molecule has 0 aliphatic carbocycles. The zero-order valence-electron chi connectivity index (χ0n) is 14.6. The highest BCUT2D eigenvalue weighted by molar-refractivity contribution is 5.66. The number of hydrogen-bond acceptors (Lipinski definition) is 2. The molecule has 0 aromatic carbocycles. The minimum Gasteiger partial charge on any atom is -0.481 e. The molecule has 0 spiro atoms. The van der Waals surface area contributed by atoms with Gasteiger partial charge in [0.15, 0.2) is 0 Å². The van der Waals surface area contributed by atoms with Crippen molar-refractivity contribution >= 4 is 5.97 Å². The lowest BCUT2D eigenvalue weighted by Crippen LogP contribution is -2.28. The Labute approximate surface area is 137 Å². The van der Waals surface area contributed by atoms with Gasteiger partial charge in [-0.3, -0.25) is 4.79 Å². The van der Waals surface area contributed by atoms with Gasteiger partial charge in [0.25, 0.3) is 0 Å². The molecule has 0 aliphatic rings. The molecular formula is C19H35NO2. The average Bonchev–Trinajstić information content (AvgIpc) is 2.50. The predicted octanol–water partition coefficient (Wildman–Crippen LogP) is 5.04. The zero-order chi connectivity index (χ0) is 16.5. The second-order valence-electron chi connectivity index (χ2n) is 5.79. The van der Waals surface area contributed by atoms with Gasteiger partial charge in [0.1, 0.15) is 0 Å². The lowest BCUT2D eigenvalue weighted by molar-refractivity contribution is -0.137. The van der Waals surface area contributed by atoms with Gasteiger partial charge in [0, 0.05) is 19.6 Å². The van der Waals surface area contributed by atoms with Crippen molar-refractivity contribution in [3.8, 4) is 0 Å². The molecule has 0 unspecified atom stereocenters. The topological polar surface area (TPSA) is 40.5 Å². The van der Waals surface area contributed by atoms with E-state index in [1.807, 2.05) is 0 Å². The summed E-state index contributed by atoms with van der Waals surface area (Å²) >= 11 is 0. The van der Waals surface area contributed by atoms with Crippen molar-refractivity contribution in [2.75, 3.05) is 19.6 Å². The molecule has 0 amide bonds. The second kappa shape index (κ2) is 16.3. The third-order valence-corrected chi connectivity index (χ3v) is 3.65. The van der Waals surface area contributed by atoms with Gasteiger partial charge in [-0.25, -0.2) is 0 Å². The summed E-state index contributed by atoms with van der Waals surface area (Å²) in [5, 5.41) is 8.85. The Morgan fingerprint density at radius 2 is 1.27 bits per heavy atom. The molecule has 0 bridgehead atoms. The third-order valence-electron chi connectivity index (χ3n) is 3.65. The fourth-order valence-electron chi connectivity index (χ4n) is 2.22. The predicted molar refractivity (Wildman–Crippen MR) is 95.3 cm³/mol. The van der Waals surface area contributed by atoms with E-state index in [0.717, 1.165) is 38.8 Å². The highest BCUT2D eigenvalue weighted by Gasteiger charge is 2.05. The van der Waals surface area contributed by atoms with Gasteiger partial charge in [0.2, 0.25) is 0 Å². The SMILES string of the molecule is CCCC/C=C/CCN(CC/C=C/CCCC)CCC(=O)O. The fraction of sp³-hybridized carbons (Fsp3) is 0.737. The summed E-state index contributed by atoms with van der Waals surface area (Å²) in [6, 6.07) is 0. The molecule has 0 heterocycles. The highest BCUT2D eigenvalue weighted by Crippen LogP contribution is 2.02. The molecule has 1 N–H and O–H groups in total. The summed E-state index contributed by atoms with van der Waals surface area (Å²) in [5.74, 6) is -0.707. The van der Waals surface area contributed by atoms with Crippen LogP contribution in [-0.4, -0.2) is 35.6 Å². The van der Waals surface area contributed by atoms with Crippen molar-refractivity contribution in [2.45, 2.75) is 71.6 Å². The van der Waals surface area contributed by atoms with Gasteiger partial charge >= 0.3 is 5.97 Å². The van der Waals surface area contributed by atoms with E-state index in [1.54, 1.807) is 0 Å². The Kier molecular flexibility index (Phi) is 15.5. The molecule has 128 valence electrons. The molecule has 22 heavy (non-hydrogen) atoms. The van der Waals surface area contributed by atoms with Gasteiger partial charge in [-0.2, -0.15) is 0 Å². The fourth-order valence-corrected chi connectivity index (χ4v) is 2.22. The molecule has 0 saturated carbocycles. The van der Waals surface area contributed by atoms with Crippen LogP contribution in [0.15, 0.2) is 24.3 Å². The normalized spacial score (nSPS) is 12.0.